The van der Waals surface area contributed by atoms with E-state index < -0.39 is 16.4 Å². The van der Waals surface area contributed by atoms with Gasteiger partial charge in [-0.3, -0.25) is 15.1 Å². The highest BCUT2D eigenvalue weighted by atomic mass is 19.1. The molecule has 0 aliphatic heterocycles. The highest BCUT2D eigenvalue weighted by Crippen LogP contribution is 2.32. The monoisotopic (exact) mass is 234 g/mol. The van der Waals surface area contributed by atoms with Crippen molar-refractivity contribution in [3.8, 4) is 11.5 Å². The first-order valence-corrected chi connectivity index (χ1v) is 4.69. The molecule has 0 atom stereocenters. The fourth-order valence-electron chi connectivity index (χ4n) is 1.29. The van der Waals surface area contributed by atoms with Gasteiger partial charge in [-0.05, 0) is 24.3 Å². The molecule has 86 valence electrons. The zero-order valence-corrected chi connectivity index (χ0v) is 8.54. The van der Waals surface area contributed by atoms with Crippen LogP contribution in [0.1, 0.15) is 0 Å². The number of ether oxygens (including phenoxy) is 1. The van der Waals surface area contributed by atoms with E-state index in [2.05, 4.69) is 4.98 Å². The Morgan fingerprint density at radius 2 is 2.12 bits per heavy atom. The Bertz CT molecular complexity index is 546. The lowest BCUT2D eigenvalue weighted by Crippen LogP contribution is -1.96. The van der Waals surface area contributed by atoms with Gasteiger partial charge in [0, 0.05) is 6.20 Å². The predicted molar refractivity (Wildman–Crippen MR) is 57.4 cm³/mol. The SMILES string of the molecule is O=[N+]([O-])c1c(F)cccc1Oc1cccnc1. The third kappa shape index (κ3) is 2.36. The number of aromatic nitrogens is 1. The molecule has 0 bridgehead atoms. The maximum Gasteiger partial charge on any atom is 0.346 e. The predicted octanol–water partition coefficient (Wildman–Crippen LogP) is 2.92. The third-order valence-electron chi connectivity index (χ3n) is 1.99. The van der Waals surface area contributed by atoms with E-state index in [1.807, 2.05) is 0 Å². The highest BCUT2D eigenvalue weighted by molar-refractivity contribution is 5.49. The Morgan fingerprint density at radius 1 is 1.29 bits per heavy atom. The first-order chi connectivity index (χ1) is 8.18. The maximum absolute atomic E-state index is 13.3. The Kier molecular flexibility index (Phi) is 2.95. The van der Waals surface area contributed by atoms with Gasteiger partial charge in [-0.2, -0.15) is 4.39 Å². The number of rotatable bonds is 3. The molecule has 0 saturated heterocycles. The maximum atomic E-state index is 13.3. The van der Waals surface area contributed by atoms with Gasteiger partial charge in [0.15, 0.2) is 0 Å². The molecule has 0 radical (unpaired) electrons. The third-order valence-corrected chi connectivity index (χ3v) is 1.99. The number of nitro groups is 1. The summed E-state index contributed by atoms with van der Waals surface area (Å²) in [6.07, 6.45) is 2.92. The lowest BCUT2D eigenvalue weighted by atomic mass is 10.3. The van der Waals surface area contributed by atoms with Crippen LogP contribution in [-0.4, -0.2) is 9.91 Å². The fraction of sp³-hybridized carbons (Fsp3) is 0. The molecule has 1 aromatic carbocycles. The summed E-state index contributed by atoms with van der Waals surface area (Å²) >= 11 is 0. The summed E-state index contributed by atoms with van der Waals surface area (Å²) in [5, 5.41) is 10.7. The second kappa shape index (κ2) is 4.56. The van der Waals surface area contributed by atoms with Crippen molar-refractivity contribution < 1.29 is 14.1 Å². The molecule has 2 rings (SSSR count). The number of hydrogen-bond acceptors (Lipinski definition) is 4. The zero-order chi connectivity index (χ0) is 12.3. The van der Waals surface area contributed by atoms with Crippen LogP contribution in [0.3, 0.4) is 0 Å². The normalized spacial score (nSPS) is 9.94. The fourth-order valence-corrected chi connectivity index (χ4v) is 1.29. The molecule has 0 aliphatic rings. The lowest BCUT2D eigenvalue weighted by molar-refractivity contribution is -0.388. The van der Waals surface area contributed by atoms with E-state index in [-0.39, 0.29) is 5.75 Å². The van der Waals surface area contributed by atoms with E-state index in [1.165, 1.54) is 24.5 Å². The average molecular weight is 234 g/mol. The van der Waals surface area contributed by atoms with Crippen molar-refractivity contribution in [1.82, 2.24) is 4.98 Å². The molecule has 17 heavy (non-hydrogen) atoms. The molecule has 0 fully saturated rings. The molecule has 2 aromatic rings. The van der Waals surface area contributed by atoms with E-state index in [4.69, 9.17) is 4.74 Å². The Morgan fingerprint density at radius 3 is 2.76 bits per heavy atom. The van der Waals surface area contributed by atoms with Crippen LogP contribution in [0.2, 0.25) is 0 Å². The Balaban J connectivity index is 2.40. The first-order valence-electron chi connectivity index (χ1n) is 4.69. The number of nitrogens with zero attached hydrogens (tertiary/aromatic N) is 2. The first kappa shape index (κ1) is 11.0. The van der Waals surface area contributed by atoms with Gasteiger partial charge in [0.05, 0.1) is 11.1 Å². The minimum absolute atomic E-state index is 0.150. The quantitative estimate of drug-likeness (QED) is 0.605. The van der Waals surface area contributed by atoms with Crippen LogP contribution in [0.25, 0.3) is 0 Å². The molecule has 0 spiro atoms. The molecule has 1 heterocycles. The van der Waals surface area contributed by atoms with Gasteiger partial charge < -0.3 is 4.74 Å². The summed E-state index contributed by atoms with van der Waals surface area (Å²) in [7, 11) is 0. The topological polar surface area (TPSA) is 65.3 Å². The van der Waals surface area contributed by atoms with Crippen LogP contribution in [0.4, 0.5) is 10.1 Å². The van der Waals surface area contributed by atoms with Crippen molar-refractivity contribution >= 4 is 5.69 Å². The van der Waals surface area contributed by atoms with Gasteiger partial charge in [0.2, 0.25) is 11.6 Å². The minimum Gasteiger partial charge on any atom is -0.448 e. The molecule has 0 N–H and O–H groups in total. The summed E-state index contributed by atoms with van der Waals surface area (Å²) < 4.78 is 18.5. The second-order valence-corrected chi connectivity index (χ2v) is 3.13. The standard InChI is InChI=1S/C11H7FN2O3/c12-9-4-1-5-10(11(9)14(15)16)17-8-3-2-6-13-7-8/h1-7H. The van der Waals surface area contributed by atoms with E-state index in [1.54, 1.807) is 12.1 Å². The van der Waals surface area contributed by atoms with Crippen molar-refractivity contribution in [2.75, 3.05) is 0 Å². The number of para-hydroxylation sites is 1. The number of hydrogen-bond donors (Lipinski definition) is 0. The van der Waals surface area contributed by atoms with Crippen molar-refractivity contribution in [2.24, 2.45) is 0 Å². The summed E-state index contributed by atoms with van der Waals surface area (Å²) in [5.74, 6) is -0.777. The largest absolute Gasteiger partial charge is 0.448 e. The van der Waals surface area contributed by atoms with Crippen molar-refractivity contribution in [3.63, 3.8) is 0 Å². The zero-order valence-electron chi connectivity index (χ0n) is 8.54. The van der Waals surface area contributed by atoms with Crippen molar-refractivity contribution in [2.45, 2.75) is 0 Å². The highest BCUT2D eigenvalue weighted by Gasteiger charge is 2.21. The van der Waals surface area contributed by atoms with Gasteiger partial charge in [0.1, 0.15) is 5.75 Å². The second-order valence-electron chi connectivity index (χ2n) is 3.13. The molecule has 5 nitrogen and oxygen atoms in total. The molecule has 0 unspecified atom stereocenters. The van der Waals surface area contributed by atoms with Crippen LogP contribution >= 0.6 is 0 Å². The van der Waals surface area contributed by atoms with Crippen LogP contribution in [0.5, 0.6) is 11.5 Å². The molecule has 0 amide bonds. The molecule has 0 aliphatic carbocycles. The number of nitro benzene ring substituents is 1. The summed E-state index contributed by atoms with van der Waals surface area (Å²) in [4.78, 5) is 13.7. The van der Waals surface area contributed by atoms with Gasteiger partial charge in [0.25, 0.3) is 0 Å². The van der Waals surface area contributed by atoms with E-state index in [9.17, 15) is 14.5 Å². The molecular formula is C11H7FN2O3. The van der Waals surface area contributed by atoms with E-state index in [0.29, 0.717) is 5.75 Å². The summed E-state index contributed by atoms with van der Waals surface area (Å²) in [6, 6.07) is 6.86. The van der Waals surface area contributed by atoms with E-state index >= 15 is 0 Å². The average Bonchev–Trinajstić information content (AvgIpc) is 2.30. The van der Waals surface area contributed by atoms with E-state index in [0.717, 1.165) is 6.07 Å². The van der Waals surface area contributed by atoms with Crippen molar-refractivity contribution in [1.29, 1.82) is 0 Å². The molecule has 1 aromatic heterocycles. The van der Waals surface area contributed by atoms with Crippen LogP contribution in [0, 0.1) is 15.9 Å². The van der Waals surface area contributed by atoms with Gasteiger partial charge in [-0.1, -0.05) is 6.07 Å². The number of pyridine rings is 1. The number of benzene rings is 1. The molecular weight excluding hydrogens is 227 g/mol. The van der Waals surface area contributed by atoms with Crippen LogP contribution in [-0.2, 0) is 0 Å². The Hall–Kier alpha value is -2.50. The van der Waals surface area contributed by atoms with Crippen LogP contribution in [0.15, 0.2) is 42.7 Å². The van der Waals surface area contributed by atoms with Gasteiger partial charge >= 0.3 is 5.69 Å². The molecule has 0 saturated carbocycles. The van der Waals surface area contributed by atoms with Crippen molar-refractivity contribution in [3.05, 3.63) is 58.7 Å². The van der Waals surface area contributed by atoms with Gasteiger partial charge in [-0.15, -0.1) is 0 Å². The minimum atomic E-state index is -0.934. The summed E-state index contributed by atoms with van der Waals surface area (Å²) in [5.41, 5.74) is -0.684. The lowest BCUT2D eigenvalue weighted by Gasteiger charge is -2.05. The van der Waals surface area contributed by atoms with Crippen LogP contribution < -0.4 is 4.74 Å². The van der Waals surface area contributed by atoms with Gasteiger partial charge in [-0.25, -0.2) is 0 Å². The molecule has 6 heteroatoms. The number of halogens is 1. The summed E-state index contributed by atoms with van der Waals surface area (Å²) in [6.45, 7) is 0. The smallest absolute Gasteiger partial charge is 0.346 e. The Labute approximate surface area is 95.6 Å².